The minimum atomic E-state index is 0.631. The van der Waals surface area contributed by atoms with Crippen molar-refractivity contribution in [1.82, 2.24) is 5.32 Å². The van der Waals surface area contributed by atoms with Gasteiger partial charge in [-0.25, -0.2) is 0 Å². The second-order valence-corrected chi connectivity index (χ2v) is 6.30. The molecule has 1 saturated carbocycles. The smallest absolute Gasteiger partial charge is 0.179 e. The van der Waals surface area contributed by atoms with Crippen LogP contribution in [0.15, 0.2) is 12.1 Å². The van der Waals surface area contributed by atoms with Crippen LogP contribution in [0.5, 0.6) is 11.5 Å². The molecule has 0 bridgehead atoms. The predicted molar refractivity (Wildman–Crippen MR) is 82.8 cm³/mol. The lowest BCUT2D eigenvalue weighted by molar-refractivity contribution is 0.280. The molecule has 0 amide bonds. The summed E-state index contributed by atoms with van der Waals surface area (Å²) < 4.78 is 11.2. The van der Waals surface area contributed by atoms with E-state index in [0.717, 1.165) is 31.0 Å². The number of ether oxygens (including phenoxy) is 2. The third-order valence-electron chi connectivity index (χ3n) is 3.33. The molecule has 1 aliphatic carbocycles. The lowest BCUT2D eigenvalue weighted by Crippen LogP contribution is -2.19. The molecule has 20 heavy (non-hydrogen) atoms. The van der Waals surface area contributed by atoms with Gasteiger partial charge in [-0.1, -0.05) is 25.4 Å². The molecule has 1 aliphatic rings. The van der Waals surface area contributed by atoms with Crippen LogP contribution in [0.3, 0.4) is 0 Å². The molecule has 4 heteroatoms. The van der Waals surface area contributed by atoms with E-state index >= 15 is 0 Å². The van der Waals surface area contributed by atoms with Gasteiger partial charge in [0, 0.05) is 6.54 Å². The topological polar surface area (TPSA) is 30.5 Å². The SMILES string of the molecule is COc1cc(CNCC(C)C)cc(Cl)c1OCC1CC1. The summed E-state index contributed by atoms with van der Waals surface area (Å²) in [5.74, 6) is 2.73. The maximum Gasteiger partial charge on any atom is 0.179 e. The Morgan fingerprint density at radius 1 is 1.35 bits per heavy atom. The number of hydrogen-bond acceptors (Lipinski definition) is 3. The normalized spacial score (nSPS) is 14.7. The molecule has 0 heterocycles. The van der Waals surface area contributed by atoms with Crippen molar-refractivity contribution in [2.45, 2.75) is 33.2 Å². The highest BCUT2D eigenvalue weighted by atomic mass is 35.5. The summed E-state index contributed by atoms with van der Waals surface area (Å²) in [6, 6.07) is 3.96. The number of halogens is 1. The van der Waals surface area contributed by atoms with Crippen LogP contribution in [0, 0.1) is 11.8 Å². The van der Waals surface area contributed by atoms with Crippen molar-refractivity contribution in [1.29, 1.82) is 0 Å². The molecular formula is C16H24ClNO2. The van der Waals surface area contributed by atoms with Crippen molar-refractivity contribution in [3.63, 3.8) is 0 Å². The van der Waals surface area contributed by atoms with Crippen molar-refractivity contribution < 1.29 is 9.47 Å². The van der Waals surface area contributed by atoms with Gasteiger partial charge < -0.3 is 14.8 Å². The zero-order valence-electron chi connectivity index (χ0n) is 12.5. The number of hydrogen-bond donors (Lipinski definition) is 1. The third-order valence-corrected chi connectivity index (χ3v) is 3.61. The average Bonchev–Trinajstić information content (AvgIpc) is 3.20. The van der Waals surface area contributed by atoms with Crippen molar-refractivity contribution >= 4 is 11.6 Å². The first-order chi connectivity index (χ1) is 9.60. The van der Waals surface area contributed by atoms with E-state index in [9.17, 15) is 0 Å². The predicted octanol–water partition coefficient (Wildman–Crippen LogP) is 3.88. The van der Waals surface area contributed by atoms with Crippen molar-refractivity contribution in [3.8, 4) is 11.5 Å². The first kappa shape index (κ1) is 15.5. The summed E-state index contributed by atoms with van der Waals surface area (Å²) in [7, 11) is 1.65. The molecule has 0 unspecified atom stereocenters. The van der Waals surface area contributed by atoms with Gasteiger partial charge in [-0.3, -0.25) is 0 Å². The first-order valence-corrected chi connectivity index (χ1v) is 7.68. The quantitative estimate of drug-likeness (QED) is 0.790. The van der Waals surface area contributed by atoms with E-state index in [1.807, 2.05) is 12.1 Å². The molecule has 0 spiro atoms. The summed E-state index contributed by atoms with van der Waals surface area (Å²) >= 11 is 6.33. The number of nitrogens with one attached hydrogen (secondary N) is 1. The van der Waals surface area contributed by atoms with Crippen LogP contribution in [0.1, 0.15) is 32.3 Å². The van der Waals surface area contributed by atoms with Gasteiger partial charge in [-0.05, 0) is 48.9 Å². The van der Waals surface area contributed by atoms with Gasteiger partial charge >= 0.3 is 0 Å². The lowest BCUT2D eigenvalue weighted by atomic mass is 10.1. The van der Waals surface area contributed by atoms with Gasteiger partial charge in [0.2, 0.25) is 0 Å². The second kappa shape index (κ2) is 7.19. The number of methoxy groups -OCH3 is 1. The van der Waals surface area contributed by atoms with Crippen molar-refractivity contribution in [2.24, 2.45) is 11.8 Å². The molecule has 1 aromatic rings. The van der Waals surface area contributed by atoms with Crippen LogP contribution in [0.4, 0.5) is 0 Å². The largest absolute Gasteiger partial charge is 0.493 e. The lowest BCUT2D eigenvalue weighted by Gasteiger charge is -2.15. The van der Waals surface area contributed by atoms with E-state index in [1.165, 1.54) is 12.8 Å². The molecule has 2 rings (SSSR count). The van der Waals surface area contributed by atoms with Crippen LogP contribution in [0.2, 0.25) is 5.02 Å². The third kappa shape index (κ3) is 4.57. The second-order valence-electron chi connectivity index (χ2n) is 5.89. The molecule has 3 nitrogen and oxygen atoms in total. The Morgan fingerprint density at radius 3 is 2.70 bits per heavy atom. The molecule has 1 N–H and O–H groups in total. The van der Waals surface area contributed by atoms with E-state index < -0.39 is 0 Å². The molecule has 0 saturated heterocycles. The molecule has 1 aromatic carbocycles. The number of rotatable bonds is 8. The maximum absolute atomic E-state index is 6.33. The number of benzene rings is 1. The zero-order valence-corrected chi connectivity index (χ0v) is 13.3. The summed E-state index contributed by atoms with van der Waals surface area (Å²) in [4.78, 5) is 0. The monoisotopic (exact) mass is 297 g/mol. The standard InChI is InChI=1S/C16H24ClNO2/c1-11(2)8-18-9-13-6-14(17)16(15(7-13)19-3)20-10-12-4-5-12/h6-7,11-12,18H,4-5,8-10H2,1-3H3. The minimum Gasteiger partial charge on any atom is -0.493 e. The Balaban J connectivity index is 2.01. The average molecular weight is 298 g/mol. The Labute approximate surface area is 126 Å². The van der Waals surface area contributed by atoms with Crippen LogP contribution in [-0.4, -0.2) is 20.3 Å². The van der Waals surface area contributed by atoms with E-state index in [2.05, 4.69) is 19.2 Å². The van der Waals surface area contributed by atoms with Crippen LogP contribution in [0.25, 0.3) is 0 Å². The Kier molecular flexibility index (Phi) is 5.55. The van der Waals surface area contributed by atoms with Gasteiger partial charge in [0.05, 0.1) is 18.7 Å². The fourth-order valence-electron chi connectivity index (χ4n) is 2.01. The highest BCUT2D eigenvalue weighted by Gasteiger charge is 2.23. The summed E-state index contributed by atoms with van der Waals surface area (Å²) in [5.41, 5.74) is 1.12. The molecule has 0 aliphatic heterocycles. The van der Waals surface area contributed by atoms with E-state index in [4.69, 9.17) is 21.1 Å². The van der Waals surface area contributed by atoms with Crippen LogP contribution in [-0.2, 0) is 6.54 Å². The van der Waals surface area contributed by atoms with Crippen LogP contribution < -0.4 is 14.8 Å². The fraction of sp³-hybridized carbons (Fsp3) is 0.625. The molecular weight excluding hydrogens is 274 g/mol. The van der Waals surface area contributed by atoms with Gasteiger partial charge in [0.15, 0.2) is 11.5 Å². The van der Waals surface area contributed by atoms with Gasteiger partial charge in [-0.15, -0.1) is 0 Å². The molecule has 0 aromatic heterocycles. The van der Waals surface area contributed by atoms with E-state index in [-0.39, 0.29) is 0 Å². The molecule has 0 radical (unpaired) electrons. The maximum atomic E-state index is 6.33. The van der Waals surface area contributed by atoms with Crippen LogP contribution >= 0.6 is 11.6 Å². The Hall–Kier alpha value is -0.930. The highest BCUT2D eigenvalue weighted by Crippen LogP contribution is 2.38. The summed E-state index contributed by atoms with van der Waals surface area (Å²) in [5, 5.41) is 4.04. The Bertz CT molecular complexity index is 444. The van der Waals surface area contributed by atoms with Gasteiger partial charge in [0.25, 0.3) is 0 Å². The van der Waals surface area contributed by atoms with Crippen molar-refractivity contribution in [2.75, 3.05) is 20.3 Å². The molecule has 1 fully saturated rings. The Morgan fingerprint density at radius 2 is 2.10 bits per heavy atom. The fourth-order valence-corrected chi connectivity index (χ4v) is 2.29. The summed E-state index contributed by atoms with van der Waals surface area (Å²) in [6.07, 6.45) is 2.52. The summed E-state index contributed by atoms with van der Waals surface area (Å²) in [6.45, 7) is 6.89. The highest BCUT2D eigenvalue weighted by molar-refractivity contribution is 6.32. The first-order valence-electron chi connectivity index (χ1n) is 7.30. The zero-order chi connectivity index (χ0) is 14.5. The van der Waals surface area contributed by atoms with E-state index in [0.29, 0.717) is 22.6 Å². The molecule has 112 valence electrons. The van der Waals surface area contributed by atoms with E-state index in [1.54, 1.807) is 7.11 Å². The van der Waals surface area contributed by atoms with Gasteiger partial charge in [0.1, 0.15) is 0 Å². The van der Waals surface area contributed by atoms with Gasteiger partial charge in [-0.2, -0.15) is 0 Å². The molecule has 0 atom stereocenters. The van der Waals surface area contributed by atoms with Crippen molar-refractivity contribution in [3.05, 3.63) is 22.7 Å². The minimum absolute atomic E-state index is 0.631.